The van der Waals surface area contributed by atoms with Crippen molar-refractivity contribution < 1.29 is 18.0 Å². The van der Waals surface area contributed by atoms with Crippen LogP contribution in [0.2, 0.25) is 0 Å². The lowest BCUT2D eigenvalue weighted by molar-refractivity contribution is -0.146. The van der Waals surface area contributed by atoms with Crippen LogP contribution in [0.3, 0.4) is 0 Å². The summed E-state index contributed by atoms with van der Waals surface area (Å²) in [4.78, 5) is 12.7. The molecule has 0 aromatic carbocycles. The first kappa shape index (κ1) is 18.2. The SMILES string of the molecule is CCN(CCC(C)(NC(C)C)C(N)=O)CC(F)(F)F. The van der Waals surface area contributed by atoms with Crippen LogP contribution < -0.4 is 11.1 Å². The highest BCUT2D eigenvalue weighted by Gasteiger charge is 2.34. The zero-order valence-electron chi connectivity index (χ0n) is 12.0. The van der Waals surface area contributed by atoms with Crippen molar-refractivity contribution in [2.75, 3.05) is 19.6 Å². The van der Waals surface area contributed by atoms with Crippen molar-refractivity contribution in [3.05, 3.63) is 0 Å². The van der Waals surface area contributed by atoms with Crippen LogP contribution in [0.4, 0.5) is 13.2 Å². The van der Waals surface area contributed by atoms with E-state index in [9.17, 15) is 18.0 Å². The van der Waals surface area contributed by atoms with E-state index in [1.165, 1.54) is 4.90 Å². The van der Waals surface area contributed by atoms with Crippen LogP contribution in [-0.4, -0.2) is 48.2 Å². The Balaban J connectivity index is 4.57. The minimum absolute atomic E-state index is 0.0233. The first-order valence-electron chi connectivity index (χ1n) is 6.37. The molecule has 0 aromatic heterocycles. The maximum Gasteiger partial charge on any atom is 0.401 e. The average molecular weight is 283 g/mol. The number of carbonyl (C=O) groups is 1. The second kappa shape index (κ2) is 7.09. The van der Waals surface area contributed by atoms with Crippen molar-refractivity contribution in [3.63, 3.8) is 0 Å². The molecule has 0 aliphatic heterocycles. The molecule has 0 radical (unpaired) electrons. The molecule has 1 amide bonds. The summed E-state index contributed by atoms with van der Waals surface area (Å²) in [5, 5.41) is 3.02. The van der Waals surface area contributed by atoms with Crippen LogP contribution in [-0.2, 0) is 4.79 Å². The Bertz CT molecular complexity index is 294. The molecule has 0 aliphatic carbocycles. The molecule has 0 aliphatic rings. The summed E-state index contributed by atoms with van der Waals surface area (Å²) >= 11 is 0. The van der Waals surface area contributed by atoms with Crippen LogP contribution >= 0.6 is 0 Å². The average Bonchev–Trinajstić information content (AvgIpc) is 2.21. The fourth-order valence-corrected chi connectivity index (χ4v) is 1.89. The number of nitrogens with one attached hydrogen (secondary N) is 1. The molecule has 0 rings (SSSR count). The van der Waals surface area contributed by atoms with Crippen molar-refractivity contribution in [1.82, 2.24) is 10.2 Å². The van der Waals surface area contributed by atoms with E-state index in [1.54, 1.807) is 13.8 Å². The smallest absolute Gasteiger partial charge is 0.368 e. The minimum Gasteiger partial charge on any atom is -0.368 e. The van der Waals surface area contributed by atoms with Gasteiger partial charge in [0, 0.05) is 12.6 Å². The highest BCUT2D eigenvalue weighted by Crippen LogP contribution is 2.18. The van der Waals surface area contributed by atoms with E-state index in [4.69, 9.17) is 5.73 Å². The van der Waals surface area contributed by atoms with Gasteiger partial charge in [-0.15, -0.1) is 0 Å². The number of nitrogens with two attached hydrogens (primary N) is 1. The predicted molar refractivity (Wildman–Crippen MR) is 68.7 cm³/mol. The Morgan fingerprint density at radius 1 is 1.37 bits per heavy atom. The molecule has 0 spiro atoms. The van der Waals surface area contributed by atoms with E-state index in [2.05, 4.69) is 5.32 Å². The molecule has 0 bridgehead atoms. The molecular formula is C12H24F3N3O. The molecule has 1 atom stereocenters. The van der Waals surface area contributed by atoms with E-state index >= 15 is 0 Å². The van der Waals surface area contributed by atoms with Gasteiger partial charge in [0.05, 0.1) is 12.1 Å². The van der Waals surface area contributed by atoms with Gasteiger partial charge in [0.25, 0.3) is 0 Å². The Morgan fingerprint density at radius 2 is 1.89 bits per heavy atom. The number of nitrogens with zero attached hydrogens (tertiary/aromatic N) is 1. The highest BCUT2D eigenvalue weighted by atomic mass is 19.4. The van der Waals surface area contributed by atoms with Gasteiger partial charge >= 0.3 is 6.18 Å². The molecule has 114 valence electrons. The summed E-state index contributed by atoms with van der Waals surface area (Å²) in [6.45, 7) is 6.45. The standard InChI is InChI=1S/C12H24F3N3O/c1-5-18(8-12(13,14)15)7-6-11(4,10(16)19)17-9(2)3/h9,17H,5-8H2,1-4H3,(H2,16,19). The molecule has 0 saturated heterocycles. The molecule has 1 unspecified atom stereocenters. The molecule has 7 heteroatoms. The van der Waals surface area contributed by atoms with E-state index in [1.807, 2.05) is 13.8 Å². The predicted octanol–water partition coefficient (Wildman–Crippen LogP) is 1.50. The van der Waals surface area contributed by atoms with Gasteiger partial charge in [0.1, 0.15) is 0 Å². The van der Waals surface area contributed by atoms with Gasteiger partial charge in [-0.2, -0.15) is 13.2 Å². The number of hydrogen-bond donors (Lipinski definition) is 2. The Kier molecular flexibility index (Phi) is 6.79. The van der Waals surface area contributed by atoms with E-state index in [0.717, 1.165) is 0 Å². The maximum absolute atomic E-state index is 12.3. The van der Waals surface area contributed by atoms with Gasteiger partial charge in [0.15, 0.2) is 0 Å². The molecule has 3 N–H and O–H groups in total. The van der Waals surface area contributed by atoms with Gasteiger partial charge in [0.2, 0.25) is 5.91 Å². The van der Waals surface area contributed by atoms with Gasteiger partial charge in [-0.05, 0) is 33.7 Å². The van der Waals surface area contributed by atoms with Crippen molar-refractivity contribution in [2.45, 2.75) is 51.9 Å². The largest absolute Gasteiger partial charge is 0.401 e. The lowest BCUT2D eigenvalue weighted by Crippen LogP contribution is -2.57. The summed E-state index contributed by atoms with van der Waals surface area (Å²) in [6.07, 6.45) is -3.99. The van der Waals surface area contributed by atoms with Crippen LogP contribution in [0.5, 0.6) is 0 Å². The van der Waals surface area contributed by atoms with Crippen molar-refractivity contribution in [2.24, 2.45) is 5.73 Å². The zero-order chi connectivity index (χ0) is 15.3. The highest BCUT2D eigenvalue weighted by molar-refractivity contribution is 5.84. The van der Waals surface area contributed by atoms with Crippen LogP contribution in [0.1, 0.15) is 34.1 Å². The number of alkyl halides is 3. The third-order valence-electron chi connectivity index (χ3n) is 2.93. The Hall–Kier alpha value is -0.820. The van der Waals surface area contributed by atoms with Gasteiger partial charge in [-0.3, -0.25) is 9.69 Å². The van der Waals surface area contributed by atoms with Crippen molar-refractivity contribution in [3.8, 4) is 0 Å². The number of hydrogen-bond acceptors (Lipinski definition) is 3. The number of primary amides is 1. The van der Waals surface area contributed by atoms with Crippen LogP contribution in [0.15, 0.2) is 0 Å². The lowest BCUT2D eigenvalue weighted by Gasteiger charge is -2.32. The molecule has 19 heavy (non-hydrogen) atoms. The molecule has 0 heterocycles. The van der Waals surface area contributed by atoms with E-state index in [0.29, 0.717) is 0 Å². The van der Waals surface area contributed by atoms with Crippen LogP contribution in [0.25, 0.3) is 0 Å². The molecule has 4 nitrogen and oxygen atoms in total. The Labute approximate surface area is 112 Å². The first-order valence-corrected chi connectivity index (χ1v) is 6.37. The minimum atomic E-state index is -4.23. The fourth-order valence-electron chi connectivity index (χ4n) is 1.89. The van der Waals surface area contributed by atoms with Gasteiger partial charge < -0.3 is 11.1 Å². The van der Waals surface area contributed by atoms with Crippen molar-refractivity contribution in [1.29, 1.82) is 0 Å². The van der Waals surface area contributed by atoms with Crippen molar-refractivity contribution >= 4 is 5.91 Å². The Morgan fingerprint density at radius 3 is 2.21 bits per heavy atom. The number of carbonyl (C=O) groups excluding carboxylic acids is 1. The lowest BCUT2D eigenvalue weighted by atomic mass is 9.95. The number of rotatable bonds is 8. The summed E-state index contributed by atoms with van der Waals surface area (Å²) in [6, 6.07) is 0.0233. The van der Waals surface area contributed by atoms with Gasteiger partial charge in [-0.25, -0.2) is 0 Å². The second-order valence-corrected chi connectivity index (χ2v) is 5.23. The van der Waals surface area contributed by atoms with Crippen LogP contribution in [0, 0.1) is 0 Å². The number of amides is 1. The first-order chi connectivity index (χ1) is 8.50. The summed E-state index contributed by atoms with van der Waals surface area (Å²) < 4.78 is 37.0. The molecule has 0 fully saturated rings. The fraction of sp³-hybridized carbons (Fsp3) is 0.917. The maximum atomic E-state index is 12.3. The monoisotopic (exact) mass is 283 g/mol. The van der Waals surface area contributed by atoms with E-state index < -0.39 is 24.2 Å². The molecule has 0 aromatic rings. The summed E-state index contributed by atoms with van der Waals surface area (Å²) in [5.74, 6) is -0.552. The summed E-state index contributed by atoms with van der Waals surface area (Å²) in [5.41, 5.74) is 4.34. The third kappa shape index (κ3) is 7.37. The number of halogens is 3. The van der Waals surface area contributed by atoms with E-state index in [-0.39, 0.29) is 25.6 Å². The molecular weight excluding hydrogens is 259 g/mol. The van der Waals surface area contributed by atoms with Gasteiger partial charge in [-0.1, -0.05) is 6.92 Å². The zero-order valence-corrected chi connectivity index (χ0v) is 12.0. The quantitative estimate of drug-likeness (QED) is 0.710. The third-order valence-corrected chi connectivity index (χ3v) is 2.93. The normalized spacial score (nSPS) is 15.8. The topological polar surface area (TPSA) is 58.4 Å². The summed E-state index contributed by atoms with van der Waals surface area (Å²) in [7, 11) is 0. The second-order valence-electron chi connectivity index (χ2n) is 5.23. The molecule has 0 saturated carbocycles.